The minimum absolute atomic E-state index is 0.271. The van der Waals surface area contributed by atoms with Crippen molar-refractivity contribution in [1.29, 1.82) is 0 Å². The molecule has 0 bridgehead atoms. The van der Waals surface area contributed by atoms with E-state index in [1.54, 1.807) is 43.3 Å². The lowest BCUT2D eigenvalue weighted by atomic mass is 10.2. The van der Waals surface area contributed by atoms with E-state index in [9.17, 15) is 9.18 Å². The molecule has 0 atom stereocenters. The van der Waals surface area contributed by atoms with Gasteiger partial charge in [-0.3, -0.25) is 0 Å². The zero-order chi connectivity index (χ0) is 19.1. The molecular weight excluding hydrogens is 347 g/mol. The van der Waals surface area contributed by atoms with Gasteiger partial charge in [0.05, 0.1) is 17.9 Å². The first kappa shape index (κ1) is 18.3. The first-order valence-corrected chi connectivity index (χ1v) is 8.49. The van der Waals surface area contributed by atoms with Crippen LogP contribution in [0.25, 0.3) is 0 Å². The fourth-order valence-corrected chi connectivity index (χ4v) is 2.43. The Kier molecular flexibility index (Phi) is 5.94. The van der Waals surface area contributed by atoms with Crippen LogP contribution in [-0.4, -0.2) is 22.5 Å². The fraction of sp³-hybridized carbons (Fsp3) is 0.150. The highest BCUT2D eigenvalue weighted by atomic mass is 19.1. The number of halogens is 1. The summed E-state index contributed by atoms with van der Waals surface area (Å²) in [5, 5.41) is 6.28. The molecule has 3 rings (SSSR count). The number of para-hydroxylation sites is 1. The number of aromatic nitrogens is 2. The van der Waals surface area contributed by atoms with E-state index in [2.05, 4.69) is 20.6 Å². The number of anilines is 3. The van der Waals surface area contributed by atoms with E-state index in [1.165, 1.54) is 18.5 Å². The van der Waals surface area contributed by atoms with Crippen LogP contribution in [0.15, 0.2) is 60.9 Å². The number of benzene rings is 2. The molecule has 0 saturated carbocycles. The molecule has 0 aliphatic carbocycles. The summed E-state index contributed by atoms with van der Waals surface area (Å²) in [5.41, 5.74) is 1.95. The van der Waals surface area contributed by atoms with Gasteiger partial charge >= 0.3 is 5.97 Å². The molecule has 0 aliphatic rings. The van der Waals surface area contributed by atoms with E-state index < -0.39 is 5.97 Å². The molecule has 0 fully saturated rings. The standard InChI is InChI=1S/C20H19FN4O2/c1-2-27-20(26)16-5-3-4-6-17(16)25-19-11-18(23-13-24-19)22-12-14-7-9-15(21)10-8-14/h3-11,13H,2,12H2,1H3,(H2,22,23,24,25). The van der Waals surface area contributed by atoms with Gasteiger partial charge in [-0.25, -0.2) is 19.2 Å². The highest BCUT2D eigenvalue weighted by molar-refractivity contribution is 5.96. The fourth-order valence-electron chi connectivity index (χ4n) is 2.43. The zero-order valence-electron chi connectivity index (χ0n) is 14.8. The Morgan fingerprint density at radius 3 is 2.59 bits per heavy atom. The Hall–Kier alpha value is -3.48. The molecule has 3 aromatic rings. The Bertz CT molecular complexity index is 916. The molecule has 0 radical (unpaired) electrons. The van der Waals surface area contributed by atoms with Gasteiger partial charge in [-0.15, -0.1) is 0 Å². The molecule has 2 N–H and O–H groups in total. The second-order valence-electron chi connectivity index (χ2n) is 5.66. The van der Waals surface area contributed by atoms with Gasteiger partial charge in [0.15, 0.2) is 0 Å². The van der Waals surface area contributed by atoms with Crippen molar-refractivity contribution in [2.75, 3.05) is 17.2 Å². The van der Waals surface area contributed by atoms with Crippen LogP contribution in [0.1, 0.15) is 22.8 Å². The second-order valence-corrected chi connectivity index (χ2v) is 5.66. The number of rotatable bonds is 7. The topological polar surface area (TPSA) is 76.1 Å². The van der Waals surface area contributed by atoms with Gasteiger partial charge in [0.25, 0.3) is 0 Å². The lowest BCUT2D eigenvalue weighted by molar-refractivity contribution is 0.0527. The second kappa shape index (κ2) is 8.75. The van der Waals surface area contributed by atoms with Gasteiger partial charge in [-0.1, -0.05) is 24.3 Å². The van der Waals surface area contributed by atoms with Crippen LogP contribution in [0.4, 0.5) is 21.7 Å². The van der Waals surface area contributed by atoms with Gasteiger partial charge in [-0.05, 0) is 36.8 Å². The van der Waals surface area contributed by atoms with E-state index in [0.29, 0.717) is 36.0 Å². The number of hydrogen-bond donors (Lipinski definition) is 2. The number of carbonyl (C=O) groups excluding carboxylic acids is 1. The van der Waals surface area contributed by atoms with E-state index in [0.717, 1.165) is 5.56 Å². The Morgan fingerprint density at radius 1 is 1.07 bits per heavy atom. The quantitative estimate of drug-likeness (QED) is 0.612. The van der Waals surface area contributed by atoms with Crippen molar-refractivity contribution in [3.63, 3.8) is 0 Å². The molecule has 0 amide bonds. The average Bonchev–Trinajstić information content (AvgIpc) is 2.68. The van der Waals surface area contributed by atoms with Gasteiger partial charge < -0.3 is 15.4 Å². The van der Waals surface area contributed by atoms with Gasteiger partial charge in [0.1, 0.15) is 23.8 Å². The van der Waals surface area contributed by atoms with E-state index in [4.69, 9.17) is 4.74 Å². The average molecular weight is 366 g/mol. The molecule has 1 aromatic heterocycles. The lowest BCUT2D eigenvalue weighted by Crippen LogP contribution is -2.08. The summed E-state index contributed by atoms with van der Waals surface area (Å²) in [6.45, 7) is 2.56. The molecule has 6 nitrogen and oxygen atoms in total. The lowest BCUT2D eigenvalue weighted by Gasteiger charge is -2.12. The van der Waals surface area contributed by atoms with Crippen LogP contribution in [0.2, 0.25) is 0 Å². The van der Waals surface area contributed by atoms with Crippen molar-refractivity contribution >= 4 is 23.3 Å². The van der Waals surface area contributed by atoms with Crippen molar-refractivity contribution in [2.45, 2.75) is 13.5 Å². The number of nitrogens with one attached hydrogen (secondary N) is 2. The van der Waals surface area contributed by atoms with Crippen LogP contribution in [0.3, 0.4) is 0 Å². The predicted molar refractivity (Wildman–Crippen MR) is 101 cm³/mol. The first-order chi connectivity index (χ1) is 13.2. The highest BCUT2D eigenvalue weighted by Gasteiger charge is 2.12. The van der Waals surface area contributed by atoms with Crippen molar-refractivity contribution in [3.05, 3.63) is 77.9 Å². The van der Waals surface area contributed by atoms with Crippen LogP contribution in [0.5, 0.6) is 0 Å². The molecular formula is C20H19FN4O2. The van der Waals surface area contributed by atoms with Crippen LogP contribution in [0, 0.1) is 5.82 Å². The minimum Gasteiger partial charge on any atom is -0.462 e. The van der Waals surface area contributed by atoms with E-state index >= 15 is 0 Å². The summed E-state index contributed by atoms with van der Waals surface area (Å²) in [6.07, 6.45) is 1.42. The van der Waals surface area contributed by atoms with Crippen molar-refractivity contribution in [1.82, 2.24) is 9.97 Å². The van der Waals surface area contributed by atoms with Crippen LogP contribution < -0.4 is 10.6 Å². The molecule has 0 aliphatic heterocycles. The van der Waals surface area contributed by atoms with Crippen LogP contribution >= 0.6 is 0 Å². The maximum absolute atomic E-state index is 13.0. The molecule has 0 unspecified atom stereocenters. The van der Waals surface area contributed by atoms with Crippen molar-refractivity contribution < 1.29 is 13.9 Å². The molecule has 0 saturated heterocycles. The SMILES string of the molecule is CCOC(=O)c1ccccc1Nc1cc(NCc2ccc(F)cc2)ncn1. The summed E-state index contributed by atoms with van der Waals surface area (Å²) in [4.78, 5) is 20.4. The zero-order valence-corrected chi connectivity index (χ0v) is 14.8. The number of hydrogen-bond acceptors (Lipinski definition) is 6. The minimum atomic E-state index is -0.399. The van der Waals surface area contributed by atoms with Crippen molar-refractivity contribution in [2.24, 2.45) is 0 Å². The normalized spacial score (nSPS) is 10.3. The maximum atomic E-state index is 13.0. The number of esters is 1. The molecule has 138 valence electrons. The highest BCUT2D eigenvalue weighted by Crippen LogP contribution is 2.21. The summed E-state index contributed by atoms with van der Waals surface area (Å²) >= 11 is 0. The molecule has 0 spiro atoms. The third-order valence-corrected chi connectivity index (χ3v) is 3.74. The number of carbonyl (C=O) groups is 1. The van der Waals surface area contributed by atoms with Gasteiger partial charge in [-0.2, -0.15) is 0 Å². The monoisotopic (exact) mass is 366 g/mol. The number of nitrogens with zero attached hydrogens (tertiary/aromatic N) is 2. The van der Waals surface area contributed by atoms with Gasteiger partial charge in [0, 0.05) is 12.6 Å². The third-order valence-electron chi connectivity index (χ3n) is 3.74. The molecule has 27 heavy (non-hydrogen) atoms. The summed E-state index contributed by atoms with van der Waals surface area (Å²) in [6, 6.07) is 15.0. The smallest absolute Gasteiger partial charge is 0.340 e. The molecule has 2 aromatic carbocycles. The summed E-state index contributed by atoms with van der Waals surface area (Å²) in [7, 11) is 0. The number of ether oxygens (including phenoxy) is 1. The Morgan fingerprint density at radius 2 is 1.81 bits per heavy atom. The van der Waals surface area contributed by atoms with E-state index in [-0.39, 0.29) is 5.82 Å². The van der Waals surface area contributed by atoms with E-state index in [1.807, 2.05) is 6.07 Å². The van der Waals surface area contributed by atoms with Crippen LogP contribution in [-0.2, 0) is 11.3 Å². The summed E-state index contributed by atoms with van der Waals surface area (Å²) < 4.78 is 18.0. The largest absolute Gasteiger partial charge is 0.462 e. The Balaban J connectivity index is 1.71. The predicted octanol–water partition coefficient (Wildman–Crippen LogP) is 4.15. The molecule has 7 heteroatoms. The van der Waals surface area contributed by atoms with Crippen molar-refractivity contribution in [3.8, 4) is 0 Å². The Labute approximate surface area is 156 Å². The first-order valence-electron chi connectivity index (χ1n) is 8.49. The third kappa shape index (κ3) is 5.01. The summed E-state index contributed by atoms with van der Waals surface area (Å²) in [5.74, 6) is 0.464. The molecule has 1 heterocycles. The maximum Gasteiger partial charge on any atom is 0.340 e. The van der Waals surface area contributed by atoms with Gasteiger partial charge in [0.2, 0.25) is 0 Å².